The third-order valence-corrected chi connectivity index (χ3v) is 6.67. The number of sulfonamides is 1. The van der Waals surface area contributed by atoms with Gasteiger partial charge in [-0.3, -0.25) is 9.78 Å². The molecule has 0 aliphatic heterocycles. The lowest BCUT2D eigenvalue weighted by Crippen LogP contribution is -2.31. The Morgan fingerprint density at radius 3 is 2.45 bits per heavy atom. The number of nitrogens with zero attached hydrogens (tertiary/aromatic N) is 3. The minimum Gasteiger partial charge on any atom is -0.355 e. The zero-order valence-electron chi connectivity index (χ0n) is 16.4. The van der Waals surface area contributed by atoms with Crippen molar-refractivity contribution in [1.82, 2.24) is 14.4 Å². The maximum atomic E-state index is 12.9. The Morgan fingerprint density at radius 2 is 1.79 bits per heavy atom. The topological polar surface area (TPSA) is 105 Å². The van der Waals surface area contributed by atoms with Crippen molar-refractivity contribution < 1.29 is 17.7 Å². The van der Waals surface area contributed by atoms with Gasteiger partial charge in [-0.15, -0.1) is 0 Å². The van der Waals surface area contributed by atoms with Gasteiger partial charge in [0.15, 0.2) is 11.5 Å². The van der Waals surface area contributed by atoms with E-state index in [2.05, 4.69) is 15.5 Å². The van der Waals surface area contributed by atoms with E-state index in [1.165, 1.54) is 16.4 Å². The normalized spacial score (nSPS) is 11.6. The molecule has 2 aromatic heterocycles. The van der Waals surface area contributed by atoms with Crippen LogP contribution in [-0.2, 0) is 10.0 Å². The van der Waals surface area contributed by atoms with Crippen LogP contribution < -0.4 is 5.32 Å². The maximum Gasteiger partial charge on any atom is 0.277 e. The van der Waals surface area contributed by atoms with Crippen molar-refractivity contribution >= 4 is 21.6 Å². The van der Waals surface area contributed by atoms with Crippen molar-refractivity contribution in [2.24, 2.45) is 0 Å². The van der Waals surface area contributed by atoms with Crippen molar-refractivity contribution in [3.63, 3.8) is 0 Å². The predicted molar refractivity (Wildman–Crippen MR) is 109 cm³/mol. The smallest absolute Gasteiger partial charge is 0.277 e. The van der Waals surface area contributed by atoms with Crippen molar-refractivity contribution in [2.75, 3.05) is 18.4 Å². The molecule has 1 N–H and O–H groups in total. The monoisotopic (exact) mass is 414 g/mol. The van der Waals surface area contributed by atoms with Crippen LogP contribution in [0.5, 0.6) is 0 Å². The van der Waals surface area contributed by atoms with E-state index in [-0.39, 0.29) is 10.6 Å². The molecule has 0 fully saturated rings. The highest BCUT2D eigenvalue weighted by Crippen LogP contribution is 2.24. The van der Waals surface area contributed by atoms with E-state index >= 15 is 0 Å². The number of amides is 1. The zero-order chi connectivity index (χ0) is 21.0. The van der Waals surface area contributed by atoms with Gasteiger partial charge < -0.3 is 9.84 Å². The number of carbonyl (C=O) groups is 1. The number of hydrogen-bond acceptors (Lipinski definition) is 6. The molecule has 9 heteroatoms. The lowest BCUT2D eigenvalue weighted by molar-refractivity contribution is 0.101. The van der Waals surface area contributed by atoms with Crippen LogP contribution in [0.2, 0.25) is 0 Å². The molecule has 152 valence electrons. The molecule has 1 aromatic carbocycles. The first-order valence-corrected chi connectivity index (χ1v) is 10.6. The Hall–Kier alpha value is -3.04. The second-order valence-electron chi connectivity index (χ2n) is 6.34. The molecule has 2 heterocycles. The number of anilines is 1. The Labute approximate surface area is 169 Å². The molecule has 0 aliphatic carbocycles. The quantitative estimate of drug-likeness (QED) is 0.636. The van der Waals surface area contributed by atoms with Crippen molar-refractivity contribution in [2.45, 2.75) is 25.7 Å². The molecule has 0 unspecified atom stereocenters. The summed E-state index contributed by atoms with van der Waals surface area (Å²) in [6.45, 7) is 6.03. The van der Waals surface area contributed by atoms with Crippen molar-refractivity contribution in [3.8, 4) is 11.3 Å². The van der Waals surface area contributed by atoms with Gasteiger partial charge >= 0.3 is 0 Å². The molecule has 0 saturated heterocycles. The summed E-state index contributed by atoms with van der Waals surface area (Å²) in [6.07, 6.45) is 3.23. The Kier molecular flexibility index (Phi) is 6.09. The standard InChI is InChI=1S/C20H22N4O4S/c1-4-24(5-2)29(26,27)19-12-16(7-6-14(19)3)22-20(25)17-13-18(28-23-17)15-8-10-21-11-9-15/h6-13H,4-5H2,1-3H3,(H,22,25). The van der Waals surface area contributed by atoms with Crippen LogP contribution in [0.15, 0.2) is 58.2 Å². The molecular formula is C20H22N4O4S. The van der Waals surface area contributed by atoms with E-state index in [0.717, 1.165) is 5.56 Å². The van der Waals surface area contributed by atoms with Crippen LogP contribution in [-0.4, -0.2) is 41.9 Å². The van der Waals surface area contributed by atoms with Gasteiger partial charge in [0, 0.05) is 42.8 Å². The summed E-state index contributed by atoms with van der Waals surface area (Å²) in [6, 6.07) is 9.78. The Balaban J connectivity index is 1.84. The zero-order valence-corrected chi connectivity index (χ0v) is 17.2. The van der Waals surface area contributed by atoms with Gasteiger partial charge in [-0.2, -0.15) is 4.31 Å². The van der Waals surface area contributed by atoms with Crippen LogP contribution in [0.25, 0.3) is 11.3 Å². The molecule has 1 amide bonds. The number of nitrogens with one attached hydrogen (secondary N) is 1. The summed E-state index contributed by atoms with van der Waals surface area (Å²) in [5.74, 6) is -0.0599. The largest absolute Gasteiger partial charge is 0.355 e. The van der Waals surface area contributed by atoms with E-state index in [1.54, 1.807) is 57.4 Å². The van der Waals surface area contributed by atoms with E-state index in [4.69, 9.17) is 4.52 Å². The lowest BCUT2D eigenvalue weighted by atomic mass is 10.2. The highest BCUT2D eigenvalue weighted by atomic mass is 32.2. The number of aromatic nitrogens is 2. The van der Waals surface area contributed by atoms with E-state index in [9.17, 15) is 13.2 Å². The molecule has 0 saturated carbocycles. The highest BCUT2D eigenvalue weighted by Gasteiger charge is 2.24. The summed E-state index contributed by atoms with van der Waals surface area (Å²) in [4.78, 5) is 16.6. The van der Waals surface area contributed by atoms with Crippen LogP contribution in [0.3, 0.4) is 0 Å². The molecule has 29 heavy (non-hydrogen) atoms. The summed E-state index contributed by atoms with van der Waals surface area (Å²) in [7, 11) is -3.64. The molecule has 3 rings (SSSR count). The number of benzene rings is 1. The van der Waals surface area contributed by atoms with Gasteiger partial charge in [0.25, 0.3) is 5.91 Å². The first kappa shape index (κ1) is 20.7. The molecule has 0 atom stereocenters. The summed E-state index contributed by atoms with van der Waals surface area (Å²) >= 11 is 0. The van der Waals surface area contributed by atoms with Crippen LogP contribution >= 0.6 is 0 Å². The summed E-state index contributed by atoms with van der Waals surface area (Å²) in [5.41, 5.74) is 1.80. The average Bonchev–Trinajstić information content (AvgIpc) is 3.21. The Morgan fingerprint density at radius 1 is 1.10 bits per heavy atom. The molecule has 3 aromatic rings. The van der Waals surface area contributed by atoms with E-state index < -0.39 is 15.9 Å². The first-order valence-electron chi connectivity index (χ1n) is 9.16. The highest BCUT2D eigenvalue weighted by molar-refractivity contribution is 7.89. The fourth-order valence-electron chi connectivity index (χ4n) is 2.89. The number of carbonyl (C=O) groups excluding carboxylic acids is 1. The van der Waals surface area contributed by atoms with Gasteiger partial charge in [0.2, 0.25) is 10.0 Å². The van der Waals surface area contributed by atoms with Crippen molar-refractivity contribution in [1.29, 1.82) is 0 Å². The van der Waals surface area contributed by atoms with Crippen LogP contribution in [0.1, 0.15) is 29.9 Å². The predicted octanol–water partition coefficient (Wildman–Crippen LogP) is 3.33. The molecule has 8 nitrogen and oxygen atoms in total. The lowest BCUT2D eigenvalue weighted by Gasteiger charge is -2.20. The minimum atomic E-state index is -3.64. The summed E-state index contributed by atoms with van der Waals surface area (Å²) in [5, 5.41) is 6.48. The average molecular weight is 414 g/mol. The SMILES string of the molecule is CCN(CC)S(=O)(=O)c1cc(NC(=O)c2cc(-c3ccncc3)on2)ccc1C. The molecule has 0 radical (unpaired) electrons. The Bertz CT molecular complexity index is 1110. The molecule has 0 spiro atoms. The van der Waals surface area contributed by atoms with Gasteiger partial charge in [-0.1, -0.05) is 25.1 Å². The van der Waals surface area contributed by atoms with E-state index in [0.29, 0.717) is 30.1 Å². The van der Waals surface area contributed by atoms with Gasteiger partial charge in [0.1, 0.15) is 0 Å². The van der Waals surface area contributed by atoms with Gasteiger partial charge in [0.05, 0.1) is 4.90 Å². The van der Waals surface area contributed by atoms with Crippen LogP contribution in [0.4, 0.5) is 5.69 Å². The fourth-order valence-corrected chi connectivity index (χ4v) is 4.60. The number of pyridine rings is 1. The molecule has 0 bridgehead atoms. The second kappa shape index (κ2) is 8.54. The van der Waals surface area contributed by atoms with Gasteiger partial charge in [-0.25, -0.2) is 8.42 Å². The minimum absolute atomic E-state index is 0.0885. The number of aryl methyl sites for hydroxylation is 1. The third-order valence-electron chi connectivity index (χ3n) is 4.48. The summed E-state index contributed by atoms with van der Waals surface area (Å²) < 4.78 is 32.3. The van der Waals surface area contributed by atoms with Crippen molar-refractivity contribution in [3.05, 3.63) is 60.0 Å². The maximum absolute atomic E-state index is 12.9. The van der Waals surface area contributed by atoms with Crippen LogP contribution in [0, 0.1) is 6.92 Å². The van der Waals surface area contributed by atoms with E-state index in [1.807, 2.05) is 0 Å². The number of rotatable bonds is 7. The second-order valence-corrected chi connectivity index (χ2v) is 8.24. The van der Waals surface area contributed by atoms with Gasteiger partial charge in [-0.05, 0) is 36.8 Å². The number of hydrogen-bond donors (Lipinski definition) is 1. The third kappa shape index (κ3) is 4.36. The first-order chi connectivity index (χ1) is 13.9. The molecular weight excluding hydrogens is 392 g/mol. The fraction of sp³-hybridized carbons (Fsp3) is 0.250. The molecule has 0 aliphatic rings.